The molecule has 0 saturated carbocycles. The number of halogens is 1. The fraction of sp³-hybridized carbons (Fsp3) is 0.429. The molecule has 2 aromatic rings. The van der Waals surface area contributed by atoms with Gasteiger partial charge in [-0.05, 0) is 49.7 Å². The summed E-state index contributed by atoms with van der Waals surface area (Å²) in [5, 5.41) is 3.27. The van der Waals surface area contributed by atoms with Gasteiger partial charge in [0, 0.05) is 69.6 Å². The third kappa shape index (κ3) is 5.19. The summed E-state index contributed by atoms with van der Waals surface area (Å²) in [4.78, 5) is 22.8. The van der Waals surface area contributed by atoms with E-state index in [4.69, 9.17) is 0 Å². The Morgan fingerprint density at radius 2 is 1.71 bits per heavy atom. The van der Waals surface area contributed by atoms with E-state index in [1.807, 2.05) is 28.9 Å². The van der Waals surface area contributed by atoms with Crippen LogP contribution in [-0.4, -0.2) is 66.6 Å². The highest BCUT2D eigenvalue weighted by Gasteiger charge is 2.21. The Morgan fingerprint density at radius 1 is 1.07 bits per heavy atom. The second-order valence-corrected chi connectivity index (χ2v) is 6.79. The summed E-state index contributed by atoms with van der Waals surface area (Å²) in [7, 11) is 0. The molecule has 3 rings (SSSR count). The molecule has 7 heteroatoms. The fourth-order valence-electron chi connectivity index (χ4n) is 3.42. The monoisotopic (exact) mass is 385 g/mol. The molecule has 1 N–H and O–H groups in total. The Balaban J connectivity index is 1.64. The second kappa shape index (κ2) is 10.0. The zero-order chi connectivity index (χ0) is 19.8. The molecule has 0 unspecified atom stereocenters. The third-order valence-corrected chi connectivity index (χ3v) is 4.96. The van der Waals surface area contributed by atoms with Crippen molar-refractivity contribution in [2.45, 2.75) is 13.3 Å². The van der Waals surface area contributed by atoms with Crippen LogP contribution in [0.5, 0.6) is 0 Å². The SMILES string of the molecule is CCN(CCCN(c1ccncc1)c1ccc(F)cc1)C(=O)N1CCNCC1. The summed E-state index contributed by atoms with van der Waals surface area (Å²) in [5.74, 6) is -0.253. The van der Waals surface area contributed by atoms with Crippen molar-refractivity contribution >= 4 is 17.4 Å². The summed E-state index contributed by atoms with van der Waals surface area (Å²) >= 11 is 0. The second-order valence-electron chi connectivity index (χ2n) is 6.79. The quantitative estimate of drug-likeness (QED) is 0.796. The Morgan fingerprint density at radius 3 is 2.36 bits per heavy atom. The molecule has 0 aliphatic carbocycles. The Labute approximate surface area is 166 Å². The van der Waals surface area contributed by atoms with Crippen LogP contribution in [0, 0.1) is 5.82 Å². The largest absolute Gasteiger partial charge is 0.341 e. The lowest BCUT2D eigenvalue weighted by atomic mass is 10.2. The highest BCUT2D eigenvalue weighted by molar-refractivity contribution is 5.74. The van der Waals surface area contributed by atoms with E-state index in [2.05, 4.69) is 15.2 Å². The van der Waals surface area contributed by atoms with Crippen LogP contribution >= 0.6 is 0 Å². The molecule has 2 heterocycles. The van der Waals surface area contributed by atoms with Crippen molar-refractivity contribution in [2.75, 3.05) is 50.7 Å². The number of pyridine rings is 1. The summed E-state index contributed by atoms with van der Waals surface area (Å²) in [5.41, 5.74) is 1.92. The van der Waals surface area contributed by atoms with Crippen molar-refractivity contribution in [1.82, 2.24) is 20.1 Å². The molecule has 0 bridgehead atoms. The normalized spacial score (nSPS) is 14.0. The fourth-order valence-corrected chi connectivity index (χ4v) is 3.42. The summed E-state index contributed by atoms with van der Waals surface area (Å²) in [6.07, 6.45) is 4.31. The molecule has 0 radical (unpaired) electrons. The van der Waals surface area contributed by atoms with Crippen molar-refractivity contribution in [3.8, 4) is 0 Å². The molecule has 2 amide bonds. The van der Waals surface area contributed by atoms with Gasteiger partial charge in [-0.25, -0.2) is 9.18 Å². The zero-order valence-corrected chi connectivity index (χ0v) is 16.4. The molecule has 1 saturated heterocycles. The molecule has 1 fully saturated rings. The van der Waals surface area contributed by atoms with E-state index in [9.17, 15) is 9.18 Å². The number of rotatable bonds is 7. The molecule has 1 aromatic heterocycles. The van der Waals surface area contributed by atoms with Gasteiger partial charge in [0.2, 0.25) is 0 Å². The zero-order valence-electron chi connectivity index (χ0n) is 16.4. The predicted molar refractivity (Wildman–Crippen MR) is 109 cm³/mol. The summed E-state index contributed by atoms with van der Waals surface area (Å²) in [6.45, 7) is 7.33. The van der Waals surface area contributed by atoms with Crippen LogP contribution in [0.15, 0.2) is 48.8 Å². The average molecular weight is 385 g/mol. The van der Waals surface area contributed by atoms with Crippen LogP contribution in [0.3, 0.4) is 0 Å². The maximum Gasteiger partial charge on any atom is 0.320 e. The number of benzene rings is 1. The molecule has 6 nitrogen and oxygen atoms in total. The number of carbonyl (C=O) groups is 1. The van der Waals surface area contributed by atoms with Gasteiger partial charge in [0.05, 0.1) is 0 Å². The number of amides is 2. The number of piperazine rings is 1. The average Bonchev–Trinajstić information content (AvgIpc) is 2.76. The van der Waals surface area contributed by atoms with Gasteiger partial charge in [0.1, 0.15) is 5.82 Å². The molecule has 0 atom stereocenters. The molecule has 150 valence electrons. The van der Waals surface area contributed by atoms with Crippen molar-refractivity contribution in [3.63, 3.8) is 0 Å². The number of hydrogen-bond donors (Lipinski definition) is 1. The molecular formula is C21H28FN5O. The first-order chi connectivity index (χ1) is 13.7. The minimum Gasteiger partial charge on any atom is -0.341 e. The first kappa shape index (κ1) is 20.1. The van der Waals surface area contributed by atoms with Crippen LogP contribution in [0.4, 0.5) is 20.6 Å². The van der Waals surface area contributed by atoms with E-state index in [1.54, 1.807) is 24.5 Å². The van der Waals surface area contributed by atoms with Gasteiger partial charge >= 0.3 is 6.03 Å². The van der Waals surface area contributed by atoms with Gasteiger partial charge in [0.25, 0.3) is 0 Å². The lowest BCUT2D eigenvalue weighted by molar-refractivity contribution is 0.148. The molecule has 1 aliphatic heterocycles. The van der Waals surface area contributed by atoms with Crippen LogP contribution in [-0.2, 0) is 0 Å². The lowest BCUT2D eigenvalue weighted by Crippen LogP contribution is -2.51. The van der Waals surface area contributed by atoms with E-state index < -0.39 is 0 Å². The highest BCUT2D eigenvalue weighted by Crippen LogP contribution is 2.25. The topological polar surface area (TPSA) is 51.7 Å². The minimum atomic E-state index is -0.253. The van der Waals surface area contributed by atoms with E-state index in [1.165, 1.54) is 12.1 Å². The van der Waals surface area contributed by atoms with Gasteiger partial charge < -0.3 is 20.0 Å². The number of urea groups is 1. The number of aromatic nitrogens is 1. The maximum atomic E-state index is 13.3. The third-order valence-electron chi connectivity index (χ3n) is 4.96. The maximum absolute atomic E-state index is 13.3. The number of nitrogens with zero attached hydrogens (tertiary/aromatic N) is 4. The first-order valence-corrected chi connectivity index (χ1v) is 9.86. The lowest BCUT2D eigenvalue weighted by Gasteiger charge is -2.33. The highest BCUT2D eigenvalue weighted by atomic mass is 19.1. The summed E-state index contributed by atoms with van der Waals surface area (Å²) in [6, 6.07) is 10.5. The molecule has 28 heavy (non-hydrogen) atoms. The number of hydrogen-bond acceptors (Lipinski definition) is 4. The van der Waals surface area contributed by atoms with Gasteiger partial charge in [-0.2, -0.15) is 0 Å². The van der Waals surface area contributed by atoms with Crippen LogP contribution in [0.25, 0.3) is 0 Å². The van der Waals surface area contributed by atoms with E-state index in [-0.39, 0.29) is 11.8 Å². The Kier molecular flexibility index (Phi) is 7.19. The van der Waals surface area contributed by atoms with Crippen molar-refractivity contribution in [1.29, 1.82) is 0 Å². The van der Waals surface area contributed by atoms with Crippen LogP contribution < -0.4 is 10.2 Å². The van der Waals surface area contributed by atoms with Gasteiger partial charge in [-0.15, -0.1) is 0 Å². The van der Waals surface area contributed by atoms with Crippen LogP contribution in [0.2, 0.25) is 0 Å². The van der Waals surface area contributed by atoms with Gasteiger partial charge in [-0.3, -0.25) is 4.98 Å². The first-order valence-electron chi connectivity index (χ1n) is 9.86. The standard InChI is InChI=1S/C21H28FN5O/c1-2-25(21(28)26-16-12-24-13-17-26)14-3-15-27(20-8-10-23-11-9-20)19-6-4-18(22)5-7-19/h4-11,24H,2-3,12-17H2,1H3. The van der Waals surface area contributed by atoms with E-state index in [0.29, 0.717) is 13.1 Å². The smallest absolute Gasteiger partial charge is 0.320 e. The molecular weight excluding hydrogens is 357 g/mol. The van der Waals surface area contributed by atoms with Gasteiger partial charge in [-0.1, -0.05) is 0 Å². The molecule has 0 spiro atoms. The van der Waals surface area contributed by atoms with Crippen molar-refractivity contribution in [2.24, 2.45) is 0 Å². The van der Waals surface area contributed by atoms with Crippen molar-refractivity contribution in [3.05, 3.63) is 54.6 Å². The number of anilines is 2. The van der Waals surface area contributed by atoms with Gasteiger partial charge in [0.15, 0.2) is 0 Å². The number of carbonyl (C=O) groups excluding carboxylic acids is 1. The van der Waals surface area contributed by atoms with Crippen LogP contribution in [0.1, 0.15) is 13.3 Å². The molecule has 1 aliphatic rings. The minimum absolute atomic E-state index is 0.112. The Bertz CT molecular complexity index is 734. The number of nitrogens with one attached hydrogen (secondary N) is 1. The Hall–Kier alpha value is -2.67. The predicted octanol–water partition coefficient (Wildman–Crippen LogP) is 3.10. The summed E-state index contributed by atoms with van der Waals surface area (Å²) < 4.78 is 13.3. The molecule has 1 aromatic carbocycles. The van der Waals surface area contributed by atoms with E-state index >= 15 is 0 Å². The van der Waals surface area contributed by atoms with Crippen molar-refractivity contribution < 1.29 is 9.18 Å². The van der Waals surface area contributed by atoms with E-state index in [0.717, 1.165) is 50.5 Å².